The average Bonchev–Trinajstić information content (AvgIpc) is 3.60. The lowest BCUT2D eigenvalue weighted by Crippen LogP contribution is -2.30. The number of anilines is 1. The molecule has 5 rings (SSSR count). The van der Waals surface area contributed by atoms with Gasteiger partial charge in [-0.05, 0) is 56.3 Å². The molecule has 8 nitrogen and oxygen atoms in total. The molecular formula is C29H27N5O3. The lowest BCUT2D eigenvalue weighted by molar-refractivity contribution is 0.0773. The Bertz CT molecular complexity index is 1520. The number of carbonyl (C=O) groups excluding carboxylic acids is 2. The summed E-state index contributed by atoms with van der Waals surface area (Å²) in [7, 11) is 0. The molecule has 2 aromatic carbocycles. The number of furan rings is 1. The van der Waals surface area contributed by atoms with Crippen molar-refractivity contribution >= 4 is 28.5 Å². The van der Waals surface area contributed by atoms with Crippen molar-refractivity contribution in [3.05, 3.63) is 102 Å². The minimum absolute atomic E-state index is 0.0322. The fraction of sp³-hybridized carbons (Fsp3) is 0.172. The number of rotatable bonds is 8. The summed E-state index contributed by atoms with van der Waals surface area (Å²) in [5.74, 6) is 0.419. The highest BCUT2D eigenvalue weighted by Crippen LogP contribution is 2.26. The summed E-state index contributed by atoms with van der Waals surface area (Å²) < 4.78 is 7.22. The van der Waals surface area contributed by atoms with E-state index in [1.165, 1.54) is 0 Å². The molecule has 0 bridgehead atoms. The lowest BCUT2D eigenvalue weighted by Gasteiger charge is -2.18. The second-order valence-corrected chi connectivity index (χ2v) is 8.55. The van der Waals surface area contributed by atoms with Crippen LogP contribution in [0.3, 0.4) is 0 Å². The average molecular weight is 494 g/mol. The molecule has 3 heterocycles. The zero-order valence-corrected chi connectivity index (χ0v) is 20.7. The fourth-order valence-corrected chi connectivity index (χ4v) is 4.25. The molecule has 0 aliphatic heterocycles. The molecule has 2 amide bonds. The largest absolute Gasteiger partial charge is 0.467 e. The van der Waals surface area contributed by atoms with E-state index in [0.717, 1.165) is 11.3 Å². The van der Waals surface area contributed by atoms with Gasteiger partial charge in [-0.1, -0.05) is 30.3 Å². The SMILES string of the molecule is CCN(CC)C(=O)c1ccc(NC(=O)c2cc(-c3ccccc3)nc3c2cnn3Cc2ccco2)cc1. The number of benzene rings is 2. The zero-order valence-electron chi connectivity index (χ0n) is 20.7. The van der Waals surface area contributed by atoms with Crippen LogP contribution in [0.5, 0.6) is 0 Å². The van der Waals surface area contributed by atoms with E-state index >= 15 is 0 Å². The van der Waals surface area contributed by atoms with Crippen LogP contribution < -0.4 is 5.32 Å². The van der Waals surface area contributed by atoms with E-state index in [9.17, 15) is 9.59 Å². The Labute approximate surface area is 214 Å². The maximum Gasteiger partial charge on any atom is 0.256 e. The summed E-state index contributed by atoms with van der Waals surface area (Å²) in [6.07, 6.45) is 3.27. The van der Waals surface area contributed by atoms with Crippen molar-refractivity contribution in [1.82, 2.24) is 19.7 Å². The van der Waals surface area contributed by atoms with Gasteiger partial charge >= 0.3 is 0 Å². The van der Waals surface area contributed by atoms with Gasteiger partial charge in [0, 0.05) is 29.9 Å². The molecule has 3 aromatic heterocycles. The molecule has 0 saturated heterocycles. The van der Waals surface area contributed by atoms with Gasteiger partial charge in [-0.2, -0.15) is 5.10 Å². The van der Waals surface area contributed by atoms with Crippen LogP contribution in [0.25, 0.3) is 22.3 Å². The summed E-state index contributed by atoms with van der Waals surface area (Å²) >= 11 is 0. The van der Waals surface area contributed by atoms with E-state index in [2.05, 4.69) is 10.4 Å². The molecule has 0 radical (unpaired) electrons. The van der Waals surface area contributed by atoms with E-state index in [4.69, 9.17) is 9.40 Å². The standard InChI is InChI=1S/C29H27N5O3/c1-3-33(4-2)29(36)21-12-14-22(15-13-21)31-28(35)24-17-26(20-9-6-5-7-10-20)32-27-25(24)18-30-34(27)19-23-11-8-16-37-23/h5-18H,3-4,19H2,1-2H3,(H,31,35). The summed E-state index contributed by atoms with van der Waals surface area (Å²) in [6, 6.07) is 22.1. The van der Waals surface area contributed by atoms with E-state index < -0.39 is 0 Å². The Hall–Kier alpha value is -4.72. The fourth-order valence-electron chi connectivity index (χ4n) is 4.25. The van der Waals surface area contributed by atoms with Crippen molar-refractivity contribution in [3.8, 4) is 11.3 Å². The first kappa shape index (κ1) is 24.0. The monoisotopic (exact) mass is 493 g/mol. The number of carbonyl (C=O) groups is 2. The minimum Gasteiger partial charge on any atom is -0.467 e. The van der Waals surface area contributed by atoms with Gasteiger partial charge in [0.2, 0.25) is 0 Å². The van der Waals surface area contributed by atoms with Gasteiger partial charge in [0.05, 0.1) is 29.1 Å². The smallest absolute Gasteiger partial charge is 0.256 e. The van der Waals surface area contributed by atoms with Crippen molar-refractivity contribution < 1.29 is 14.0 Å². The van der Waals surface area contributed by atoms with Crippen LogP contribution >= 0.6 is 0 Å². The predicted octanol–water partition coefficient (Wildman–Crippen LogP) is 5.47. The van der Waals surface area contributed by atoms with Gasteiger partial charge < -0.3 is 14.6 Å². The molecule has 0 unspecified atom stereocenters. The summed E-state index contributed by atoms with van der Waals surface area (Å²) in [5.41, 5.74) is 3.78. The molecule has 8 heteroatoms. The number of pyridine rings is 1. The van der Waals surface area contributed by atoms with Gasteiger partial charge in [-0.3, -0.25) is 9.59 Å². The number of fused-ring (bicyclic) bond motifs is 1. The molecule has 0 aliphatic rings. The van der Waals surface area contributed by atoms with E-state index in [0.29, 0.717) is 53.2 Å². The third kappa shape index (κ3) is 4.99. The van der Waals surface area contributed by atoms with Crippen LogP contribution in [-0.4, -0.2) is 44.6 Å². The summed E-state index contributed by atoms with van der Waals surface area (Å²) in [5, 5.41) is 8.09. The highest BCUT2D eigenvalue weighted by Gasteiger charge is 2.19. The highest BCUT2D eigenvalue weighted by molar-refractivity contribution is 6.12. The van der Waals surface area contributed by atoms with Crippen molar-refractivity contribution in [2.24, 2.45) is 0 Å². The zero-order chi connectivity index (χ0) is 25.8. The van der Waals surface area contributed by atoms with Crippen LogP contribution in [0.15, 0.2) is 89.7 Å². The second-order valence-electron chi connectivity index (χ2n) is 8.55. The number of hydrogen-bond acceptors (Lipinski definition) is 5. The highest BCUT2D eigenvalue weighted by atomic mass is 16.3. The minimum atomic E-state index is -0.287. The maximum atomic E-state index is 13.5. The van der Waals surface area contributed by atoms with Crippen LogP contribution in [-0.2, 0) is 6.54 Å². The van der Waals surface area contributed by atoms with Gasteiger partial charge in [-0.15, -0.1) is 0 Å². The molecule has 0 atom stereocenters. The maximum absolute atomic E-state index is 13.5. The topological polar surface area (TPSA) is 93.3 Å². The van der Waals surface area contributed by atoms with Crippen molar-refractivity contribution in [2.45, 2.75) is 20.4 Å². The Morgan fingerprint density at radius 2 is 1.73 bits per heavy atom. The molecule has 186 valence electrons. The third-order valence-corrected chi connectivity index (χ3v) is 6.25. The van der Waals surface area contributed by atoms with E-state index in [1.54, 1.807) is 52.4 Å². The quantitative estimate of drug-likeness (QED) is 0.309. The van der Waals surface area contributed by atoms with Crippen LogP contribution in [0.1, 0.15) is 40.3 Å². The Morgan fingerprint density at radius 1 is 0.973 bits per heavy atom. The Balaban J connectivity index is 1.48. The Morgan fingerprint density at radius 3 is 2.41 bits per heavy atom. The molecule has 0 saturated carbocycles. The molecule has 5 aromatic rings. The summed E-state index contributed by atoms with van der Waals surface area (Å²) in [4.78, 5) is 32.7. The van der Waals surface area contributed by atoms with Crippen molar-refractivity contribution in [2.75, 3.05) is 18.4 Å². The molecular weight excluding hydrogens is 466 g/mol. The summed E-state index contributed by atoms with van der Waals surface area (Å²) in [6.45, 7) is 5.58. The normalized spacial score (nSPS) is 11.0. The second kappa shape index (κ2) is 10.5. The molecule has 0 fully saturated rings. The first-order valence-electron chi connectivity index (χ1n) is 12.2. The number of aromatic nitrogens is 3. The van der Waals surface area contributed by atoms with Gasteiger partial charge in [0.25, 0.3) is 11.8 Å². The number of nitrogens with zero attached hydrogens (tertiary/aromatic N) is 4. The number of hydrogen-bond donors (Lipinski definition) is 1. The van der Waals surface area contributed by atoms with Gasteiger partial charge in [0.15, 0.2) is 5.65 Å². The number of amides is 2. The number of nitrogens with one attached hydrogen (secondary N) is 1. The van der Waals surface area contributed by atoms with Crippen LogP contribution in [0.4, 0.5) is 5.69 Å². The molecule has 0 aliphatic carbocycles. The first-order valence-corrected chi connectivity index (χ1v) is 12.2. The van der Waals surface area contributed by atoms with Gasteiger partial charge in [-0.25, -0.2) is 9.67 Å². The molecule has 1 N–H and O–H groups in total. The third-order valence-electron chi connectivity index (χ3n) is 6.25. The molecule has 37 heavy (non-hydrogen) atoms. The van der Waals surface area contributed by atoms with Gasteiger partial charge in [0.1, 0.15) is 12.3 Å². The molecule has 0 spiro atoms. The van der Waals surface area contributed by atoms with Crippen molar-refractivity contribution in [3.63, 3.8) is 0 Å². The lowest BCUT2D eigenvalue weighted by atomic mass is 10.1. The van der Waals surface area contributed by atoms with E-state index in [1.807, 2.05) is 56.3 Å². The Kier molecular flexibility index (Phi) is 6.81. The van der Waals surface area contributed by atoms with Crippen LogP contribution in [0.2, 0.25) is 0 Å². The van der Waals surface area contributed by atoms with Crippen molar-refractivity contribution in [1.29, 1.82) is 0 Å². The predicted molar refractivity (Wildman–Crippen MR) is 142 cm³/mol. The van der Waals surface area contributed by atoms with Crippen LogP contribution in [0, 0.1) is 0 Å². The van der Waals surface area contributed by atoms with E-state index in [-0.39, 0.29) is 11.8 Å². The first-order chi connectivity index (χ1) is 18.1.